The van der Waals surface area contributed by atoms with Crippen LogP contribution in [-0.4, -0.2) is 33.4 Å². The van der Waals surface area contributed by atoms with Crippen LogP contribution in [0.1, 0.15) is 19.7 Å². The van der Waals surface area contributed by atoms with Gasteiger partial charge >= 0.3 is 0 Å². The van der Waals surface area contributed by atoms with Crippen LogP contribution in [0.5, 0.6) is 0 Å². The monoisotopic (exact) mass is 461 g/mol. The van der Waals surface area contributed by atoms with Gasteiger partial charge in [0, 0.05) is 34.4 Å². The number of hydrogen-bond acceptors (Lipinski definition) is 4. The number of rotatable bonds is 4. The van der Waals surface area contributed by atoms with Gasteiger partial charge in [0.05, 0.1) is 12.1 Å². The first-order valence-electron chi connectivity index (χ1n) is 9.81. The average molecular weight is 462 g/mol. The zero-order chi connectivity index (χ0) is 22.3. The van der Waals surface area contributed by atoms with Gasteiger partial charge in [-0.05, 0) is 56.3 Å². The van der Waals surface area contributed by atoms with Crippen LogP contribution in [-0.2, 0) is 16.9 Å². The standard InChI is InChI=1S/C22H22Cl2FN5O/c1-22(2)21-28-19(13-9-14(23)11-15(24)10-13)20(27-17-5-3-16(25)4-6-17)29(21)7-8-30(22)18(31)12-26/h3-6,9-11,27H,7-8,12,26H2,1-2H3. The lowest BCUT2D eigenvalue weighted by Gasteiger charge is -2.42. The Labute approximate surface area is 189 Å². The summed E-state index contributed by atoms with van der Waals surface area (Å²) in [4.78, 5) is 19.1. The van der Waals surface area contributed by atoms with Crippen LogP contribution in [0.2, 0.25) is 10.0 Å². The molecule has 3 aromatic rings. The van der Waals surface area contributed by atoms with Gasteiger partial charge in [-0.3, -0.25) is 4.79 Å². The van der Waals surface area contributed by atoms with Gasteiger partial charge < -0.3 is 20.5 Å². The van der Waals surface area contributed by atoms with Crippen molar-refractivity contribution < 1.29 is 9.18 Å². The van der Waals surface area contributed by atoms with E-state index in [1.165, 1.54) is 12.1 Å². The molecule has 0 spiro atoms. The molecule has 0 fully saturated rings. The third-order valence-electron chi connectivity index (χ3n) is 5.46. The van der Waals surface area contributed by atoms with Crippen LogP contribution in [0.25, 0.3) is 11.3 Å². The summed E-state index contributed by atoms with van der Waals surface area (Å²) in [6, 6.07) is 11.3. The van der Waals surface area contributed by atoms with Crippen LogP contribution in [0.3, 0.4) is 0 Å². The van der Waals surface area contributed by atoms with Gasteiger partial charge in [-0.1, -0.05) is 23.2 Å². The van der Waals surface area contributed by atoms with Crippen molar-refractivity contribution in [1.29, 1.82) is 0 Å². The molecule has 0 saturated carbocycles. The Kier molecular flexibility index (Phi) is 5.68. The normalized spacial score (nSPS) is 15.0. The summed E-state index contributed by atoms with van der Waals surface area (Å²) in [5, 5.41) is 4.33. The fourth-order valence-electron chi connectivity index (χ4n) is 3.97. The number of nitrogens with one attached hydrogen (secondary N) is 1. The number of anilines is 2. The summed E-state index contributed by atoms with van der Waals surface area (Å²) in [5.41, 5.74) is 7.02. The van der Waals surface area contributed by atoms with E-state index < -0.39 is 5.54 Å². The molecule has 0 aliphatic carbocycles. The Balaban J connectivity index is 1.89. The van der Waals surface area contributed by atoms with Gasteiger partial charge in [0.15, 0.2) is 0 Å². The van der Waals surface area contributed by atoms with Crippen molar-refractivity contribution in [1.82, 2.24) is 14.5 Å². The Bertz CT molecular complexity index is 1120. The highest BCUT2D eigenvalue weighted by Gasteiger charge is 2.41. The number of carbonyl (C=O) groups excluding carboxylic acids is 1. The molecule has 9 heteroatoms. The van der Waals surface area contributed by atoms with Crippen LogP contribution in [0.15, 0.2) is 42.5 Å². The van der Waals surface area contributed by atoms with E-state index >= 15 is 0 Å². The van der Waals surface area contributed by atoms with Crippen LogP contribution in [0, 0.1) is 5.82 Å². The Morgan fingerprint density at radius 2 is 1.81 bits per heavy atom. The molecule has 162 valence electrons. The van der Waals surface area contributed by atoms with E-state index in [4.69, 9.17) is 33.9 Å². The fraction of sp³-hybridized carbons (Fsp3) is 0.273. The second-order valence-electron chi connectivity index (χ2n) is 7.88. The number of aromatic nitrogens is 2. The Morgan fingerprint density at radius 1 is 1.16 bits per heavy atom. The molecule has 6 nitrogen and oxygen atoms in total. The fourth-order valence-corrected chi connectivity index (χ4v) is 4.50. The predicted octanol–water partition coefficient (Wildman–Crippen LogP) is 4.78. The lowest BCUT2D eigenvalue weighted by atomic mass is 9.99. The molecule has 0 unspecified atom stereocenters. The van der Waals surface area contributed by atoms with Crippen molar-refractivity contribution in [2.45, 2.75) is 25.9 Å². The number of carbonyl (C=O) groups is 1. The summed E-state index contributed by atoms with van der Waals surface area (Å²) in [7, 11) is 0. The van der Waals surface area contributed by atoms with E-state index in [9.17, 15) is 9.18 Å². The van der Waals surface area contributed by atoms with E-state index in [1.807, 2.05) is 18.4 Å². The Hall–Kier alpha value is -2.61. The van der Waals surface area contributed by atoms with Gasteiger partial charge in [-0.15, -0.1) is 0 Å². The van der Waals surface area contributed by atoms with E-state index in [-0.39, 0.29) is 18.3 Å². The van der Waals surface area contributed by atoms with E-state index in [0.717, 1.165) is 5.56 Å². The molecule has 0 saturated heterocycles. The molecular formula is C22H22Cl2FN5O. The average Bonchev–Trinajstić information content (AvgIpc) is 3.08. The molecule has 4 rings (SSSR count). The molecule has 1 aliphatic heterocycles. The number of imidazole rings is 1. The number of amides is 1. The first-order valence-corrected chi connectivity index (χ1v) is 10.6. The minimum absolute atomic E-state index is 0.0679. The third kappa shape index (κ3) is 4.01. The van der Waals surface area contributed by atoms with Crippen molar-refractivity contribution in [3.05, 3.63) is 64.2 Å². The summed E-state index contributed by atoms with van der Waals surface area (Å²) < 4.78 is 15.4. The maximum absolute atomic E-state index is 13.4. The second-order valence-corrected chi connectivity index (χ2v) is 8.76. The van der Waals surface area contributed by atoms with Gasteiger partial charge in [0.25, 0.3) is 0 Å². The lowest BCUT2D eigenvalue weighted by Crippen LogP contribution is -2.53. The highest BCUT2D eigenvalue weighted by molar-refractivity contribution is 6.35. The quantitative estimate of drug-likeness (QED) is 0.586. The number of halogens is 3. The minimum Gasteiger partial charge on any atom is -0.340 e. The summed E-state index contributed by atoms with van der Waals surface area (Å²) >= 11 is 12.5. The van der Waals surface area contributed by atoms with Crippen LogP contribution >= 0.6 is 23.2 Å². The van der Waals surface area contributed by atoms with Crippen molar-refractivity contribution in [2.24, 2.45) is 5.73 Å². The number of benzene rings is 2. The number of fused-ring (bicyclic) bond motifs is 1. The molecule has 31 heavy (non-hydrogen) atoms. The van der Waals surface area contributed by atoms with Gasteiger partial charge in [0.2, 0.25) is 5.91 Å². The van der Waals surface area contributed by atoms with E-state index in [1.54, 1.807) is 35.2 Å². The smallest absolute Gasteiger partial charge is 0.237 e. The van der Waals surface area contributed by atoms with E-state index in [0.29, 0.717) is 46.2 Å². The molecule has 0 radical (unpaired) electrons. The third-order valence-corrected chi connectivity index (χ3v) is 5.89. The Morgan fingerprint density at radius 3 is 2.42 bits per heavy atom. The maximum Gasteiger partial charge on any atom is 0.237 e. The van der Waals surface area contributed by atoms with Crippen LogP contribution in [0.4, 0.5) is 15.9 Å². The van der Waals surface area contributed by atoms with Crippen molar-refractivity contribution >= 4 is 40.6 Å². The molecule has 1 aromatic heterocycles. The molecule has 0 bridgehead atoms. The van der Waals surface area contributed by atoms with Gasteiger partial charge in [-0.25, -0.2) is 9.37 Å². The summed E-state index contributed by atoms with van der Waals surface area (Å²) in [5.74, 6) is 0.962. The highest BCUT2D eigenvalue weighted by Crippen LogP contribution is 2.40. The van der Waals surface area contributed by atoms with Gasteiger partial charge in [0.1, 0.15) is 23.2 Å². The van der Waals surface area contributed by atoms with Gasteiger partial charge in [-0.2, -0.15) is 0 Å². The van der Waals surface area contributed by atoms with Crippen molar-refractivity contribution in [3.8, 4) is 11.3 Å². The van der Waals surface area contributed by atoms with E-state index in [2.05, 4.69) is 5.32 Å². The zero-order valence-corrected chi connectivity index (χ0v) is 18.6. The minimum atomic E-state index is -0.686. The molecule has 2 heterocycles. The topological polar surface area (TPSA) is 76.2 Å². The first kappa shape index (κ1) is 21.6. The predicted molar refractivity (Wildman–Crippen MR) is 121 cm³/mol. The molecular weight excluding hydrogens is 440 g/mol. The molecule has 1 amide bonds. The first-order chi connectivity index (χ1) is 14.7. The number of nitrogens with two attached hydrogens (primary N) is 1. The molecule has 0 atom stereocenters. The SMILES string of the molecule is CC1(C)c2nc(-c3cc(Cl)cc(Cl)c3)c(Nc3ccc(F)cc3)n2CCN1C(=O)CN. The molecule has 2 aromatic carbocycles. The summed E-state index contributed by atoms with van der Waals surface area (Å²) in [6.45, 7) is 4.82. The molecule has 1 aliphatic rings. The van der Waals surface area contributed by atoms with Crippen molar-refractivity contribution in [2.75, 3.05) is 18.4 Å². The zero-order valence-electron chi connectivity index (χ0n) is 17.1. The largest absolute Gasteiger partial charge is 0.340 e. The summed E-state index contributed by atoms with van der Waals surface area (Å²) in [6.07, 6.45) is 0. The number of hydrogen-bond donors (Lipinski definition) is 2. The van der Waals surface area contributed by atoms with Crippen LogP contribution < -0.4 is 11.1 Å². The second kappa shape index (κ2) is 8.15. The highest BCUT2D eigenvalue weighted by atomic mass is 35.5. The number of nitrogens with zero attached hydrogens (tertiary/aromatic N) is 3. The maximum atomic E-state index is 13.4. The molecule has 3 N–H and O–H groups in total. The van der Waals surface area contributed by atoms with Crippen molar-refractivity contribution in [3.63, 3.8) is 0 Å². The lowest BCUT2D eigenvalue weighted by molar-refractivity contribution is -0.137.